The molecule has 444 valence electrons. The van der Waals surface area contributed by atoms with Crippen LogP contribution in [-0.4, -0.2) is 68.5 Å². The zero-order valence-corrected chi connectivity index (χ0v) is 51.5. The van der Waals surface area contributed by atoms with Gasteiger partial charge in [0, 0.05) is 6.42 Å². The number of hydrogen-bond acceptors (Lipinski definition) is 6. The summed E-state index contributed by atoms with van der Waals surface area (Å²) < 4.78 is 23.3. The van der Waals surface area contributed by atoms with E-state index in [2.05, 4.69) is 153 Å². The highest BCUT2D eigenvalue weighted by atomic mass is 31.2. The van der Waals surface area contributed by atoms with E-state index >= 15 is 0 Å². The molecule has 0 radical (unpaired) electrons. The second-order valence-corrected chi connectivity index (χ2v) is 23.1. The van der Waals surface area contributed by atoms with Gasteiger partial charge in [-0.1, -0.05) is 262 Å². The average Bonchev–Trinajstić information content (AvgIpc) is 3.41. The van der Waals surface area contributed by atoms with E-state index in [1.165, 1.54) is 96.3 Å². The van der Waals surface area contributed by atoms with Crippen molar-refractivity contribution in [1.29, 1.82) is 0 Å². The molecule has 0 aromatic heterocycles. The first-order chi connectivity index (χ1) is 38.0. The van der Waals surface area contributed by atoms with Gasteiger partial charge in [0.25, 0.3) is 7.82 Å². The predicted octanol–water partition coefficient (Wildman–Crippen LogP) is 19.0. The van der Waals surface area contributed by atoms with Gasteiger partial charge in [0.05, 0.1) is 39.9 Å². The minimum atomic E-state index is -4.61. The summed E-state index contributed by atoms with van der Waals surface area (Å²) in [6.07, 6.45) is 89.4. The first kappa shape index (κ1) is 74.4. The average molecular weight is 1100 g/mol. The molecule has 0 aromatic carbocycles. The normalized spacial score (nSPS) is 14.8. The van der Waals surface area contributed by atoms with E-state index in [-0.39, 0.29) is 12.5 Å². The Morgan fingerprint density at radius 1 is 0.462 bits per heavy atom. The fourth-order valence-electron chi connectivity index (χ4n) is 8.20. The zero-order valence-electron chi connectivity index (χ0n) is 50.6. The Kier molecular flexibility index (Phi) is 55.4. The number of aliphatic hydroxyl groups is 1. The molecule has 0 spiro atoms. The fourth-order valence-corrected chi connectivity index (χ4v) is 8.92. The second-order valence-electron chi connectivity index (χ2n) is 21.7. The van der Waals surface area contributed by atoms with Crippen molar-refractivity contribution in [1.82, 2.24) is 5.32 Å². The molecule has 0 aliphatic carbocycles. The third kappa shape index (κ3) is 60.0. The Bertz CT molecular complexity index is 1780. The summed E-state index contributed by atoms with van der Waals surface area (Å²) in [5.41, 5.74) is 0. The predicted molar refractivity (Wildman–Crippen MR) is 338 cm³/mol. The van der Waals surface area contributed by atoms with Crippen LogP contribution in [0.3, 0.4) is 0 Å². The van der Waals surface area contributed by atoms with Crippen molar-refractivity contribution in [2.45, 2.75) is 244 Å². The van der Waals surface area contributed by atoms with Crippen molar-refractivity contribution in [3.63, 3.8) is 0 Å². The number of phosphoric acid groups is 1. The highest BCUT2D eigenvalue weighted by Gasteiger charge is 2.23. The van der Waals surface area contributed by atoms with Crippen molar-refractivity contribution < 1.29 is 32.9 Å². The van der Waals surface area contributed by atoms with Crippen LogP contribution in [-0.2, 0) is 18.4 Å². The minimum absolute atomic E-state index is 0.0137. The largest absolute Gasteiger partial charge is 0.756 e. The summed E-state index contributed by atoms with van der Waals surface area (Å²) in [4.78, 5) is 25.5. The Morgan fingerprint density at radius 3 is 1.19 bits per heavy atom. The summed E-state index contributed by atoms with van der Waals surface area (Å²) in [5, 5.41) is 13.8. The van der Waals surface area contributed by atoms with Crippen LogP contribution in [0.1, 0.15) is 232 Å². The van der Waals surface area contributed by atoms with Gasteiger partial charge in [-0.2, -0.15) is 0 Å². The van der Waals surface area contributed by atoms with E-state index in [9.17, 15) is 19.4 Å². The smallest absolute Gasteiger partial charge is 0.268 e. The number of allylic oxidation sites excluding steroid dienone is 23. The molecule has 0 rings (SSSR count). The number of nitrogens with zero attached hydrogens (tertiary/aromatic N) is 1. The lowest BCUT2D eigenvalue weighted by atomic mass is 10.0. The van der Waals surface area contributed by atoms with Gasteiger partial charge in [-0.3, -0.25) is 9.36 Å². The van der Waals surface area contributed by atoms with Crippen molar-refractivity contribution in [2.75, 3.05) is 40.9 Å². The lowest BCUT2D eigenvalue weighted by Gasteiger charge is -2.29. The number of quaternary nitrogens is 1. The van der Waals surface area contributed by atoms with Gasteiger partial charge in [-0.25, -0.2) is 0 Å². The van der Waals surface area contributed by atoms with E-state index in [0.717, 1.165) is 116 Å². The van der Waals surface area contributed by atoms with Crippen LogP contribution in [0.4, 0.5) is 0 Å². The first-order valence-corrected chi connectivity index (χ1v) is 32.7. The molecule has 2 N–H and O–H groups in total. The van der Waals surface area contributed by atoms with Gasteiger partial charge in [0.1, 0.15) is 13.2 Å². The summed E-state index contributed by atoms with van der Waals surface area (Å²) in [6, 6.07) is -0.915. The van der Waals surface area contributed by atoms with Crippen LogP contribution in [0.25, 0.3) is 0 Å². The monoisotopic (exact) mass is 1100 g/mol. The third-order valence-electron chi connectivity index (χ3n) is 13.0. The van der Waals surface area contributed by atoms with E-state index < -0.39 is 26.6 Å². The molecular weight excluding hydrogens is 984 g/mol. The van der Waals surface area contributed by atoms with Crippen LogP contribution in [0.5, 0.6) is 0 Å². The lowest BCUT2D eigenvalue weighted by Crippen LogP contribution is -2.45. The molecule has 0 bridgehead atoms. The standard InChI is InChI=1S/C69H117N2O6P/c1-6-8-10-12-14-16-18-20-22-23-24-25-26-27-28-29-30-31-32-33-34-35-36-37-38-39-40-41-42-43-44-45-46-47-49-51-53-55-57-59-61-63-69(73)70-67(66-77-78(74,75)76-65-64-71(3,4)5)68(72)62-60-58-56-54-52-50-48-21-19-17-15-13-11-9-7-2/h8,10,14,16,20,22,24-25,27-28,30-31,33-34,36-37,39-40,42-43,52,54,60,62,67-68,72H,6-7,9,11-13,15,17-19,21,23,26,29,32,35,38,41,44-51,53,55-59,61,63-66H2,1-5H3,(H-,70,73,74,75)/b10-8-,16-14-,22-20-,25-24-,28-27-,31-30-,34-33-,37-36-,40-39-,43-42-,54-52+,62-60+. The van der Waals surface area contributed by atoms with Gasteiger partial charge in [-0.05, 0) is 109 Å². The molecule has 0 aliphatic heterocycles. The maximum absolute atomic E-state index is 13.0. The molecule has 0 saturated heterocycles. The fraction of sp³-hybridized carbons (Fsp3) is 0.638. The van der Waals surface area contributed by atoms with E-state index in [0.29, 0.717) is 17.4 Å². The molecule has 8 nitrogen and oxygen atoms in total. The summed E-state index contributed by atoms with van der Waals surface area (Å²) in [6.45, 7) is 4.49. The van der Waals surface area contributed by atoms with Gasteiger partial charge in [0.15, 0.2) is 0 Å². The molecule has 0 heterocycles. The highest BCUT2D eigenvalue weighted by molar-refractivity contribution is 7.45. The number of nitrogens with one attached hydrogen (secondary N) is 1. The zero-order chi connectivity index (χ0) is 57.0. The van der Waals surface area contributed by atoms with Gasteiger partial charge >= 0.3 is 0 Å². The molecule has 3 unspecified atom stereocenters. The molecule has 0 aromatic rings. The Balaban J connectivity index is 4.12. The molecule has 1 amide bonds. The third-order valence-corrected chi connectivity index (χ3v) is 14.0. The van der Waals surface area contributed by atoms with Crippen LogP contribution < -0.4 is 10.2 Å². The molecule has 0 aliphatic rings. The quantitative estimate of drug-likeness (QED) is 0.0272. The number of phosphoric ester groups is 1. The second kappa shape index (κ2) is 58.0. The maximum atomic E-state index is 13.0. The molecular formula is C69H117N2O6P. The summed E-state index contributed by atoms with van der Waals surface area (Å²) >= 11 is 0. The molecule has 78 heavy (non-hydrogen) atoms. The number of hydrogen-bond donors (Lipinski definition) is 2. The van der Waals surface area contributed by atoms with Crippen molar-refractivity contribution in [3.05, 3.63) is 146 Å². The lowest BCUT2D eigenvalue weighted by molar-refractivity contribution is -0.870. The summed E-state index contributed by atoms with van der Waals surface area (Å²) in [5.74, 6) is -0.218. The molecule has 9 heteroatoms. The molecule has 0 fully saturated rings. The van der Waals surface area contributed by atoms with Crippen molar-refractivity contribution in [3.8, 4) is 0 Å². The maximum Gasteiger partial charge on any atom is 0.268 e. The van der Waals surface area contributed by atoms with E-state index in [4.69, 9.17) is 9.05 Å². The number of amides is 1. The number of likely N-dealkylation sites (N-methyl/N-ethyl adjacent to an activating group) is 1. The number of unbranched alkanes of at least 4 members (excludes halogenated alkanes) is 20. The number of carbonyl (C=O) groups is 1. The topological polar surface area (TPSA) is 108 Å². The Labute approximate surface area is 480 Å². The molecule has 0 saturated carbocycles. The van der Waals surface area contributed by atoms with Crippen LogP contribution in [0.2, 0.25) is 0 Å². The Morgan fingerprint density at radius 2 is 0.795 bits per heavy atom. The first-order valence-electron chi connectivity index (χ1n) is 31.2. The highest BCUT2D eigenvalue weighted by Crippen LogP contribution is 2.38. The Hall–Kier alpha value is -3.62. The van der Waals surface area contributed by atoms with E-state index in [1.54, 1.807) is 6.08 Å². The number of rotatable bonds is 55. The number of carbonyl (C=O) groups excluding carboxylic acids is 1. The minimum Gasteiger partial charge on any atom is -0.756 e. The van der Waals surface area contributed by atoms with Gasteiger partial charge in [-0.15, -0.1) is 0 Å². The van der Waals surface area contributed by atoms with Crippen molar-refractivity contribution in [2.24, 2.45) is 0 Å². The van der Waals surface area contributed by atoms with Crippen LogP contribution >= 0.6 is 7.82 Å². The van der Waals surface area contributed by atoms with Gasteiger partial charge in [0.2, 0.25) is 5.91 Å². The molecule has 3 atom stereocenters. The van der Waals surface area contributed by atoms with Gasteiger partial charge < -0.3 is 28.8 Å². The van der Waals surface area contributed by atoms with Crippen LogP contribution in [0.15, 0.2) is 146 Å². The van der Waals surface area contributed by atoms with E-state index in [1.807, 2.05) is 27.2 Å². The van der Waals surface area contributed by atoms with Crippen molar-refractivity contribution >= 4 is 13.7 Å². The van der Waals surface area contributed by atoms with Crippen LogP contribution in [0, 0.1) is 0 Å². The number of aliphatic hydroxyl groups excluding tert-OH is 1. The SMILES string of the molecule is CC/C=C\C/C=C\C/C=C\C/C=C\C/C=C\C/C=C\C/C=C\C/C=C\C/C=C\C/C=C\CCCCCCCCCCCCC(=O)NC(COP(=O)([O-])OCC[N+](C)(C)C)C(O)/C=C/CC/C=C/CCCCCCCCCCC. The summed E-state index contributed by atoms with van der Waals surface area (Å²) in [7, 11) is 1.22.